The van der Waals surface area contributed by atoms with E-state index in [9.17, 15) is 0 Å². The third kappa shape index (κ3) is 3.71. The second-order valence-electron chi connectivity index (χ2n) is 2.60. The number of fused-ring (bicyclic) bond motifs is 2. The second-order valence-corrected chi connectivity index (χ2v) is 2.60. The molecule has 2 aliphatic carbocycles. The van der Waals surface area contributed by atoms with Gasteiger partial charge in [-0.3, -0.25) is 6.08 Å². The van der Waals surface area contributed by atoms with E-state index in [-0.39, 0.29) is 32.8 Å². The Labute approximate surface area is 88.3 Å². The predicted molar refractivity (Wildman–Crippen MR) is 44.0 cm³/mol. The third-order valence-electron chi connectivity index (χ3n) is 2.04. The molecule has 11 heavy (non-hydrogen) atoms. The maximum Gasteiger partial charge on any atom is 0.0319 e. The van der Waals surface area contributed by atoms with E-state index in [2.05, 4.69) is 12.2 Å². The largest absolute Gasteiger partial charge is 0.497 e. The van der Waals surface area contributed by atoms with Crippen LogP contribution in [0, 0.1) is 17.9 Å². The van der Waals surface area contributed by atoms with Crippen molar-refractivity contribution < 1.29 is 25.5 Å². The Balaban J connectivity index is 0. The average Bonchev–Trinajstić information content (AvgIpc) is 2.53. The van der Waals surface area contributed by atoms with Crippen LogP contribution in [0.15, 0.2) is 6.08 Å². The third-order valence-corrected chi connectivity index (χ3v) is 2.04. The van der Waals surface area contributed by atoms with Crippen molar-refractivity contribution in [2.45, 2.75) is 19.3 Å². The van der Waals surface area contributed by atoms with Gasteiger partial charge in [-0.2, -0.15) is 5.92 Å². The van der Waals surface area contributed by atoms with Crippen LogP contribution in [0.1, 0.15) is 19.3 Å². The van der Waals surface area contributed by atoms with Gasteiger partial charge in [-0.25, -0.2) is 0 Å². The fourth-order valence-corrected chi connectivity index (χ4v) is 1.59. The summed E-state index contributed by atoms with van der Waals surface area (Å²) in [5.41, 5.74) is 0. The molecule has 0 amide bonds. The van der Waals surface area contributed by atoms with E-state index >= 15 is 0 Å². The monoisotopic (exact) mass is 267 g/mol. The predicted octanol–water partition coefficient (Wildman–Crippen LogP) is 1.80. The van der Waals surface area contributed by atoms with Crippen LogP contribution in [0.25, 0.3) is 0 Å². The Bertz CT molecular complexity index is 105. The molecule has 0 saturated heterocycles. The fraction of sp³-hybridized carbons (Fsp3) is 0.750. The zero-order valence-electron chi connectivity index (χ0n) is 6.53. The Morgan fingerprint density at radius 1 is 1.36 bits per heavy atom. The summed E-state index contributed by atoms with van der Waals surface area (Å²) in [5, 5.41) is 7.00. The van der Waals surface area contributed by atoms with Gasteiger partial charge in [-0.05, 0) is 0 Å². The number of hydrogen-bond donors (Lipinski definition) is 1. The number of halogens is 1. The Morgan fingerprint density at radius 2 is 2.00 bits per heavy atom. The quantitative estimate of drug-likeness (QED) is 0.524. The molecule has 0 radical (unpaired) electrons. The fourth-order valence-electron chi connectivity index (χ4n) is 1.59. The van der Waals surface area contributed by atoms with Gasteiger partial charge in [0, 0.05) is 27.5 Å². The van der Waals surface area contributed by atoms with Crippen molar-refractivity contribution in [3.05, 3.63) is 12.2 Å². The molecule has 1 N–H and O–H groups in total. The van der Waals surface area contributed by atoms with Crippen LogP contribution in [-0.2, 0) is 20.4 Å². The zero-order chi connectivity index (χ0) is 6.69. The van der Waals surface area contributed by atoms with Crippen LogP contribution in [0.2, 0.25) is 0 Å². The molecular formula is C8H14ClOPd-. The SMILES string of the molecule is CO.Cl.[C-]1=CC2CCC1C2.[Pd]. The van der Waals surface area contributed by atoms with Crippen LogP contribution >= 0.6 is 12.4 Å². The Kier molecular flexibility index (Phi) is 9.43. The summed E-state index contributed by atoms with van der Waals surface area (Å²) in [7, 11) is 1.00. The molecule has 2 aliphatic rings. The van der Waals surface area contributed by atoms with E-state index in [0.717, 1.165) is 18.9 Å². The molecule has 0 aromatic heterocycles. The first kappa shape index (κ1) is 14.2. The normalized spacial score (nSPS) is 29.6. The first-order valence-electron chi connectivity index (χ1n) is 3.49. The summed E-state index contributed by atoms with van der Waals surface area (Å²) >= 11 is 0. The van der Waals surface area contributed by atoms with E-state index in [4.69, 9.17) is 5.11 Å². The Morgan fingerprint density at radius 3 is 2.09 bits per heavy atom. The molecule has 3 heteroatoms. The molecule has 0 aromatic rings. The molecule has 2 unspecified atom stereocenters. The zero-order valence-corrected chi connectivity index (χ0v) is 8.90. The van der Waals surface area contributed by atoms with Crippen molar-refractivity contribution in [2.75, 3.05) is 7.11 Å². The van der Waals surface area contributed by atoms with E-state index in [1.165, 1.54) is 19.3 Å². The van der Waals surface area contributed by atoms with Crippen LogP contribution in [-0.4, -0.2) is 12.2 Å². The minimum atomic E-state index is 0. The van der Waals surface area contributed by atoms with E-state index in [1.54, 1.807) is 0 Å². The maximum atomic E-state index is 7.00. The van der Waals surface area contributed by atoms with Crippen LogP contribution in [0.4, 0.5) is 0 Å². The van der Waals surface area contributed by atoms with Gasteiger partial charge in [-0.15, -0.1) is 12.4 Å². The summed E-state index contributed by atoms with van der Waals surface area (Å²) < 4.78 is 0. The Hall–Kier alpha value is 0.652. The van der Waals surface area contributed by atoms with Gasteiger partial charge in [0.15, 0.2) is 0 Å². The van der Waals surface area contributed by atoms with Crippen molar-refractivity contribution in [1.82, 2.24) is 0 Å². The molecule has 70 valence electrons. The van der Waals surface area contributed by atoms with Gasteiger partial charge in [-0.1, -0.05) is 25.2 Å². The van der Waals surface area contributed by atoms with Crippen molar-refractivity contribution in [1.29, 1.82) is 0 Å². The molecule has 0 aromatic carbocycles. The molecule has 2 rings (SSSR count). The second kappa shape index (κ2) is 7.31. The van der Waals surface area contributed by atoms with E-state index in [1.807, 2.05) is 0 Å². The first-order valence-corrected chi connectivity index (χ1v) is 3.49. The average molecular weight is 268 g/mol. The van der Waals surface area contributed by atoms with Gasteiger partial charge >= 0.3 is 0 Å². The number of aliphatic hydroxyl groups excluding tert-OH is 1. The first-order chi connectivity index (χ1) is 4.45. The van der Waals surface area contributed by atoms with E-state index < -0.39 is 0 Å². The molecular weight excluding hydrogens is 254 g/mol. The number of hydrogen-bond acceptors (Lipinski definition) is 1. The molecule has 1 saturated carbocycles. The van der Waals surface area contributed by atoms with Gasteiger partial charge < -0.3 is 11.2 Å². The standard InChI is InChI=1S/C7H9.CH4O.ClH.Pd/c1-2-7-4-3-6(1)5-7;1-2;;/h1,6-7H,3-5H2;2H,1H3;1H;/q-1;;;. The number of aliphatic hydroxyl groups is 1. The van der Waals surface area contributed by atoms with Crippen LogP contribution < -0.4 is 0 Å². The van der Waals surface area contributed by atoms with Crippen molar-refractivity contribution in [3.8, 4) is 0 Å². The summed E-state index contributed by atoms with van der Waals surface area (Å²) in [5.74, 6) is 1.80. The topological polar surface area (TPSA) is 20.2 Å². The number of allylic oxidation sites excluding steroid dienone is 2. The molecule has 0 spiro atoms. The van der Waals surface area contributed by atoms with Gasteiger partial charge in [0.1, 0.15) is 0 Å². The summed E-state index contributed by atoms with van der Waals surface area (Å²) in [6.07, 6.45) is 9.87. The molecule has 2 bridgehead atoms. The van der Waals surface area contributed by atoms with Crippen molar-refractivity contribution >= 4 is 12.4 Å². The van der Waals surface area contributed by atoms with Crippen molar-refractivity contribution in [3.63, 3.8) is 0 Å². The molecule has 0 heterocycles. The summed E-state index contributed by atoms with van der Waals surface area (Å²) in [6.45, 7) is 0. The van der Waals surface area contributed by atoms with Gasteiger partial charge in [0.2, 0.25) is 0 Å². The molecule has 2 atom stereocenters. The maximum absolute atomic E-state index is 7.00. The van der Waals surface area contributed by atoms with Crippen LogP contribution in [0.5, 0.6) is 0 Å². The summed E-state index contributed by atoms with van der Waals surface area (Å²) in [6, 6.07) is 0. The smallest absolute Gasteiger partial charge is 0.0319 e. The minimum absolute atomic E-state index is 0. The van der Waals surface area contributed by atoms with Gasteiger partial charge in [0.05, 0.1) is 0 Å². The van der Waals surface area contributed by atoms with Crippen molar-refractivity contribution in [2.24, 2.45) is 11.8 Å². The molecule has 0 aliphatic heterocycles. The summed E-state index contributed by atoms with van der Waals surface area (Å²) in [4.78, 5) is 0. The molecule has 1 fully saturated rings. The minimum Gasteiger partial charge on any atom is -0.497 e. The molecule has 1 nitrogen and oxygen atoms in total. The van der Waals surface area contributed by atoms with Crippen LogP contribution in [0.3, 0.4) is 0 Å². The van der Waals surface area contributed by atoms with Gasteiger partial charge in [0.25, 0.3) is 0 Å². The number of rotatable bonds is 0. The van der Waals surface area contributed by atoms with E-state index in [0.29, 0.717) is 0 Å².